The van der Waals surface area contributed by atoms with Crippen LogP contribution in [-0.4, -0.2) is 36.8 Å². The molecule has 0 spiro atoms. The second-order valence-corrected chi connectivity index (χ2v) is 5.77. The van der Waals surface area contributed by atoms with Crippen molar-refractivity contribution in [3.8, 4) is 5.75 Å². The van der Waals surface area contributed by atoms with Gasteiger partial charge in [0.05, 0.1) is 18.8 Å². The fourth-order valence-corrected chi connectivity index (χ4v) is 2.95. The van der Waals surface area contributed by atoms with Crippen molar-refractivity contribution in [2.24, 2.45) is 0 Å². The molecule has 1 atom stereocenters. The Morgan fingerprint density at radius 3 is 2.95 bits per heavy atom. The zero-order valence-electron chi connectivity index (χ0n) is 13.5. The smallest absolute Gasteiger partial charge is 0.317 e. The highest BCUT2D eigenvalue weighted by molar-refractivity contribution is 5.69. The predicted molar refractivity (Wildman–Crippen MR) is 87.6 cm³/mol. The molecule has 22 heavy (non-hydrogen) atoms. The van der Waals surface area contributed by atoms with E-state index in [1.807, 2.05) is 19.1 Å². The first kappa shape index (κ1) is 16.6. The van der Waals surface area contributed by atoms with E-state index >= 15 is 0 Å². The molecule has 0 radical (unpaired) electrons. The summed E-state index contributed by atoms with van der Waals surface area (Å²) in [5.74, 6) is 0.0506. The van der Waals surface area contributed by atoms with Crippen LogP contribution in [-0.2, 0) is 11.3 Å². The minimum atomic E-state index is -0.844. The average Bonchev–Trinajstić information content (AvgIpc) is 2.48. The van der Waals surface area contributed by atoms with Gasteiger partial charge < -0.3 is 20.1 Å². The maximum atomic E-state index is 10.6. The summed E-state index contributed by atoms with van der Waals surface area (Å²) in [6.45, 7) is 6.44. The van der Waals surface area contributed by atoms with Crippen LogP contribution in [0.5, 0.6) is 5.75 Å². The normalized spacial score (nSPS) is 18.3. The number of carboxylic acids is 1. The maximum absolute atomic E-state index is 10.6. The zero-order chi connectivity index (χ0) is 15.9. The van der Waals surface area contributed by atoms with Crippen molar-refractivity contribution >= 4 is 11.7 Å². The lowest BCUT2D eigenvalue weighted by Gasteiger charge is -2.36. The molecule has 1 heterocycles. The van der Waals surface area contributed by atoms with E-state index in [2.05, 4.69) is 23.2 Å². The lowest BCUT2D eigenvalue weighted by atomic mass is 10.0. The predicted octanol–water partition coefficient (Wildman–Crippen LogP) is 2.64. The molecular formula is C17H26N2O3. The summed E-state index contributed by atoms with van der Waals surface area (Å²) in [5.41, 5.74) is 2.19. The molecule has 1 saturated heterocycles. The van der Waals surface area contributed by atoms with E-state index in [0.717, 1.165) is 23.5 Å². The number of nitrogens with one attached hydrogen (secondary N) is 1. The molecule has 1 aliphatic heterocycles. The number of hydrogen-bond donors (Lipinski definition) is 2. The summed E-state index contributed by atoms with van der Waals surface area (Å²) >= 11 is 0. The molecule has 2 rings (SSSR count). The topological polar surface area (TPSA) is 61.8 Å². The van der Waals surface area contributed by atoms with Gasteiger partial charge in [-0.2, -0.15) is 0 Å². The van der Waals surface area contributed by atoms with Crippen molar-refractivity contribution in [2.45, 2.75) is 45.7 Å². The van der Waals surface area contributed by atoms with E-state index in [0.29, 0.717) is 19.2 Å². The van der Waals surface area contributed by atoms with Gasteiger partial charge in [0.15, 0.2) is 0 Å². The molecule has 122 valence electrons. The Morgan fingerprint density at radius 1 is 1.45 bits per heavy atom. The van der Waals surface area contributed by atoms with Crippen molar-refractivity contribution in [2.75, 3.05) is 24.6 Å². The van der Waals surface area contributed by atoms with Crippen LogP contribution in [0.4, 0.5) is 5.69 Å². The number of carboxylic acid groups (broad SMARTS) is 1. The fourth-order valence-electron chi connectivity index (χ4n) is 2.95. The van der Waals surface area contributed by atoms with E-state index in [-0.39, 0.29) is 6.54 Å². The molecule has 1 aliphatic rings. The second kappa shape index (κ2) is 8.03. The first-order valence-corrected chi connectivity index (χ1v) is 8.06. The third kappa shape index (κ3) is 4.37. The summed E-state index contributed by atoms with van der Waals surface area (Å²) in [7, 11) is 0. The number of hydrogen-bond acceptors (Lipinski definition) is 4. The lowest BCUT2D eigenvalue weighted by molar-refractivity contribution is -0.135. The van der Waals surface area contributed by atoms with Crippen molar-refractivity contribution in [3.05, 3.63) is 23.8 Å². The van der Waals surface area contributed by atoms with Gasteiger partial charge in [-0.15, -0.1) is 0 Å². The Morgan fingerprint density at radius 2 is 2.27 bits per heavy atom. The first-order chi connectivity index (χ1) is 10.6. The molecule has 1 aromatic rings. The third-order valence-corrected chi connectivity index (χ3v) is 4.04. The highest BCUT2D eigenvalue weighted by atomic mass is 16.5. The van der Waals surface area contributed by atoms with Gasteiger partial charge in [-0.25, -0.2) is 0 Å². The highest BCUT2D eigenvalue weighted by Gasteiger charge is 2.21. The molecule has 1 fully saturated rings. The fraction of sp³-hybridized carbons (Fsp3) is 0.588. The van der Waals surface area contributed by atoms with Gasteiger partial charge in [-0.3, -0.25) is 4.79 Å². The third-order valence-electron chi connectivity index (χ3n) is 4.04. The summed E-state index contributed by atoms with van der Waals surface area (Å²) in [6.07, 6.45) is 3.73. The van der Waals surface area contributed by atoms with Gasteiger partial charge in [-0.05, 0) is 50.8 Å². The monoisotopic (exact) mass is 306 g/mol. The molecular weight excluding hydrogens is 280 g/mol. The van der Waals surface area contributed by atoms with E-state index in [4.69, 9.17) is 9.84 Å². The second-order valence-electron chi connectivity index (χ2n) is 5.77. The van der Waals surface area contributed by atoms with Crippen molar-refractivity contribution in [1.82, 2.24) is 5.32 Å². The molecule has 0 aromatic heterocycles. The van der Waals surface area contributed by atoms with Crippen molar-refractivity contribution < 1.29 is 14.6 Å². The molecule has 2 N–H and O–H groups in total. The van der Waals surface area contributed by atoms with E-state index in [9.17, 15) is 4.79 Å². The Balaban J connectivity index is 2.13. The number of rotatable bonds is 7. The van der Waals surface area contributed by atoms with Crippen LogP contribution in [0, 0.1) is 0 Å². The molecule has 5 heteroatoms. The molecule has 1 unspecified atom stereocenters. The summed E-state index contributed by atoms with van der Waals surface area (Å²) in [4.78, 5) is 13.0. The largest absolute Gasteiger partial charge is 0.492 e. The van der Waals surface area contributed by atoms with Crippen LogP contribution in [0.15, 0.2) is 18.2 Å². The zero-order valence-corrected chi connectivity index (χ0v) is 13.5. The van der Waals surface area contributed by atoms with Gasteiger partial charge in [0.1, 0.15) is 5.75 Å². The number of ether oxygens (including phenoxy) is 1. The lowest BCUT2D eigenvalue weighted by Crippen LogP contribution is -2.37. The molecule has 1 aromatic carbocycles. The SMILES string of the molecule is CCOc1cc(CNCC(=O)O)ccc1N1CCCCC1C. The Bertz CT molecular complexity index is 505. The first-order valence-electron chi connectivity index (χ1n) is 8.06. The number of aliphatic carboxylic acids is 1. The molecule has 0 saturated carbocycles. The van der Waals surface area contributed by atoms with E-state index < -0.39 is 5.97 Å². The van der Waals surface area contributed by atoms with E-state index in [1.54, 1.807) is 0 Å². The van der Waals surface area contributed by atoms with Gasteiger partial charge >= 0.3 is 5.97 Å². The number of anilines is 1. The van der Waals surface area contributed by atoms with Crippen LogP contribution >= 0.6 is 0 Å². The van der Waals surface area contributed by atoms with Crippen LogP contribution in [0.1, 0.15) is 38.7 Å². The standard InChI is InChI=1S/C17H26N2O3/c1-3-22-16-10-14(11-18-12-17(20)21)7-8-15(16)19-9-5-4-6-13(19)2/h7-8,10,13,18H,3-6,9,11-12H2,1-2H3,(H,20,21). The Hall–Kier alpha value is -1.75. The molecule has 5 nitrogen and oxygen atoms in total. The van der Waals surface area contributed by atoms with Gasteiger partial charge in [0.25, 0.3) is 0 Å². The molecule has 0 aliphatic carbocycles. The average molecular weight is 306 g/mol. The Labute approximate surface area is 132 Å². The molecule has 0 amide bonds. The van der Waals surface area contributed by atoms with Crippen LogP contribution < -0.4 is 15.0 Å². The number of carbonyl (C=O) groups is 1. The highest BCUT2D eigenvalue weighted by Crippen LogP contribution is 2.34. The minimum absolute atomic E-state index is 0.0329. The minimum Gasteiger partial charge on any atom is -0.492 e. The van der Waals surface area contributed by atoms with Crippen molar-refractivity contribution in [3.63, 3.8) is 0 Å². The molecule has 0 bridgehead atoms. The van der Waals surface area contributed by atoms with Crippen LogP contribution in [0.25, 0.3) is 0 Å². The number of benzene rings is 1. The van der Waals surface area contributed by atoms with Gasteiger partial charge in [0, 0.05) is 19.1 Å². The van der Waals surface area contributed by atoms with Crippen LogP contribution in [0.2, 0.25) is 0 Å². The summed E-state index contributed by atoms with van der Waals surface area (Å²) in [5, 5.41) is 11.6. The van der Waals surface area contributed by atoms with Gasteiger partial charge in [0.2, 0.25) is 0 Å². The number of piperidine rings is 1. The quantitative estimate of drug-likeness (QED) is 0.811. The Kier molecular flexibility index (Phi) is 6.07. The summed E-state index contributed by atoms with van der Waals surface area (Å²) in [6, 6.07) is 6.71. The number of nitrogens with zero attached hydrogens (tertiary/aromatic N) is 1. The van der Waals surface area contributed by atoms with Crippen LogP contribution in [0.3, 0.4) is 0 Å². The van der Waals surface area contributed by atoms with Crippen molar-refractivity contribution in [1.29, 1.82) is 0 Å². The van der Waals surface area contributed by atoms with Gasteiger partial charge in [-0.1, -0.05) is 6.07 Å². The van der Waals surface area contributed by atoms with E-state index in [1.165, 1.54) is 19.3 Å². The maximum Gasteiger partial charge on any atom is 0.317 e. The summed E-state index contributed by atoms with van der Waals surface area (Å²) < 4.78 is 5.82.